The van der Waals surface area contributed by atoms with Gasteiger partial charge in [0.15, 0.2) is 5.82 Å². The van der Waals surface area contributed by atoms with E-state index in [2.05, 4.69) is 56.9 Å². The van der Waals surface area contributed by atoms with E-state index in [1.54, 1.807) is 0 Å². The number of aromatic nitrogens is 3. The average molecular weight is 279 g/mol. The summed E-state index contributed by atoms with van der Waals surface area (Å²) in [6, 6.07) is 8.69. The van der Waals surface area contributed by atoms with Crippen LogP contribution in [0.1, 0.15) is 32.0 Å². The second kappa shape index (κ2) is 4.69. The first-order valence-corrected chi connectivity index (χ1v) is 7.26. The standard InChI is InChI=1S/C18H21N3/c1-12-6-7-14-13(10-12)11-15(17-19-8-9-21(17)5)20-16(14)18(2,3)4/h6-11H,1-5H3. The molecule has 0 saturated heterocycles. The van der Waals surface area contributed by atoms with Crippen molar-refractivity contribution in [3.63, 3.8) is 0 Å². The second-order valence-corrected chi connectivity index (χ2v) is 6.69. The highest BCUT2D eigenvalue weighted by Gasteiger charge is 2.21. The van der Waals surface area contributed by atoms with Gasteiger partial charge in [-0.25, -0.2) is 9.97 Å². The lowest BCUT2D eigenvalue weighted by molar-refractivity contribution is 0.576. The molecule has 0 atom stereocenters. The number of hydrogen-bond donors (Lipinski definition) is 0. The number of nitrogens with zero attached hydrogens (tertiary/aromatic N) is 3. The molecule has 108 valence electrons. The highest BCUT2D eigenvalue weighted by atomic mass is 15.0. The zero-order valence-corrected chi connectivity index (χ0v) is 13.3. The van der Waals surface area contributed by atoms with Gasteiger partial charge < -0.3 is 4.57 Å². The molecule has 0 unspecified atom stereocenters. The highest BCUT2D eigenvalue weighted by Crippen LogP contribution is 2.31. The van der Waals surface area contributed by atoms with E-state index in [9.17, 15) is 0 Å². The second-order valence-electron chi connectivity index (χ2n) is 6.69. The summed E-state index contributed by atoms with van der Waals surface area (Å²) in [5.41, 5.74) is 3.32. The lowest BCUT2D eigenvalue weighted by Gasteiger charge is -2.21. The van der Waals surface area contributed by atoms with Crippen LogP contribution >= 0.6 is 0 Å². The van der Waals surface area contributed by atoms with Gasteiger partial charge in [-0.05, 0) is 18.4 Å². The van der Waals surface area contributed by atoms with E-state index in [-0.39, 0.29) is 5.41 Å². The summed E-state index contributed by atoms with van der Waals surface area (Å²) in [7, 11) is 2.00. The monoisotopic (exact) mass is 279 g/mol. The van der Waals surface area contributed by atoms with Crippen molar-refractivity contribution in [2.24, 2.45) is 7.05 Å². The number of aryl methyl sites for hydroxylation is 2. The molecule has 0 aliphatic carbocycles. The number of benzene rings is 1. The SMILES string of the molecule is Cc1ccc2c(C(C)(C)C)nc(-c3nccn3C)cc2c1. The molecule has 2 heterocycles. The summed E-state index contributed by atoms with van der Waals surface area (Å²) < 4.78 is 2.01. The number of imidazole rings is 1. The Morgan fingerprint density at radius 1 is 1.10 bits per heavy atom. The van der Waals surface area contributed by atoms with Crippen LogP contribution < -0.4 is 0 Å². The third-order valence-corrected chi connectivity index (χ3v) is 3.75. The molecule has 0 spiro atoms. The van der Waals surface area contributed by atoms with Crippen LogP contribution in [0.25, 0.3) is 22.3 Å². The Kier molecular flexibility index (Phi) is 3.08. The first-order valence-electron chi connectivity index (χ1n) is 7.26. The Balaban J connectivity index is 2.36. The van der Waals surface area contributed by atoms with Crippen LogP contribution in [0.5, 0.6) is 0 Å². The molecule has 0 saturated carbocycles. The van der Waals surface area contributed by atoms with Crippen LogP contribution in [-0.2, 0) is 12.5 Å². The van der Waals surface area contributed by atoms with Crippen molar-refractivity contribution in [3.05, 3.63) is 47.9 Å². The van der Waals surface area contributed by atoms with Gasteiger partial charge in [0.1, 0.15) is 5.69 Å². The van der Waals surface area contributed by atoms with E-state index in [1.165, 1.54) is 16.3 Å². The Morgan fingerprint density at radius 3 is 2.48 bits per heavy atom. The highest BCUT2D eigenvalue weighted by molar-refractivity contribution is 5.88. The number of pyridine rings is 1. The van der Waals surface area contributed by atoms with E-state index in [4.69, 9.17) is 4.98 Å². The molecule has 1 aromatic carbocycles. The predicted molar refractivity (Wildman–Crippen MR) is 87.4 cm³/mol. The Labute approximate surface area is 125 Å². The van der Waals surface area contributed by atoms with Gasteiger partial charge in [0.2, 0.25) is 0 Å². The number of hydrogen-bond acceptors (Lipinski definition) is 2. The first kappa shape index (κ1) is 13.8. The molecule has 0 radical (unpaired) electrons. The van der Waals surface area contributed by atoms with Crippen LogP contribution in [0.3, 0.4) is 0 Å². The molecule has 3 heteroatoms. The third-order valence-electron chi connectivity index (χ3n) is 3.75. The van der Waals surface area contributed by atoms with Crippen molar-refractivity contribution in [1.29, 1.82) is 0 Å². The third kappa shape index (κ3) is 2.44. The first-order chi connectivity index (χ1) is 9.86. The van der Waals surface area contributed by atoms with Crippen LogP contribution in [0.4, 0.5) is 0 Å². The average Bonchev–Trinajstić information content (AvgIpc) is 2.82. The molecule has 0 bridgehead atoms. The largest absolute Gasteiger partial charge is 0.333 e. The van der Waals surface area contributed by atoms with Gasteiger partial charge in [-0.1, -0.05) is 44.5 Å². The summed E-state index contributed by atoms with van der Waals surface area (Å²) in [6.45, 7) is 8.74. The van der Waals surface area contributed by atoms with Crippen LogP contribution in [0, 0.1) is 6.92 Å². The van der Waals surface area contributed by atoms with Gasteiger partial charge in [-0.15, -0.1) is 0 Å². The molecule has 3 rings (SSSR count). The fourth-order valence-electron chi connectivity index (χ4n) is 2.68. The minimum absolute atomic E-state index is 0.00528. The topological polar surface area (TPSA) is 30.7 Å². The van der Waals surface area contributed by atoms with Crippen LogP contribution in [-0.4, -0.2) is 14.5 Å². The van der Waals surface area contributed by atoms with Crippen molar-refractivity contribution in [2.75, 3.05) is 0 Å². The number of fused-ring (bicyclic) bond motifs is 1. The smallest absolute Gasteiger partial charge is 0.158 e. The van der Waals surface area contributed by atoms with Crippen molar-refractivity contribution in [2.45, 2.75) is 33.1 Å². The molecule has 0 amide bonds. The quantitative estimate of drug-likeness (QED) is 0.667. The van der Waals surface area contributed by atoms with Crippen molar-refractivity contribution >= 4 is 10.8 Å². The number of rotatable bonds is 1. The molecule has 0 fully saturated rings. The maximum atomic E-state index is 4.92. The maximum absolute atomic E-state index is 4.92. The fourth-order valence-corrected chi connectivity index (χ4v) is 2.68. The lowest BCUT2D eigenvalue weighted by Crippen LogP contribution is -2.15. The Hall–Kier alpha value is -2.16. The Morgan fingerprint density at radius 2 is 1.86 bits per heavy atom. The van der Waals surface area contributed by atoms with Gasteiger partial charge in [-0.3, -0.25) is 0 Å². The van der Waals surface area contributed by atoms with E-state index in [0.717, 1.165) is 17.2 Å². The molecule has 21 heavy (non-hydrogen) atoms. The summed E-state index contributed by atoms with van der Waals surface area (Å²) in [6.07, 6.45) is 3.77. The maximum Gasteiger partial charge on any atom is 0.158 e. The minimum atomic E-state index is -0.00528. The van der Waals surface area contributed by atoms with Gasteiger partial charge in [0.25, 0.3) is 0 Å². The summed E-state index contributed by atoms with van der Waals surface area (Å²) in [4.78, 5) is 9.36. The lowest BCUT2D eigenvalue weighted by atomic mass is 9.87. The van der Waals surface area contributed by atoms with Crippen molar-refractivity contribution < 1.29 is 0 Å². The summed E-state index contributed by atoms with van der Waals surface area (Å²) in [5.74, 6) is 0.906. The van der Waals surface area contributed by atoms with Crippen LogP contribution in [0.15, 0.2) is 36.7 Å². The van der Waals surface area contributed by atoms with Crippen LogP contribution in [0.2, 0.25) is 0 Å². The van der Waals surface area contributed by atoms with Gasteiger partial charge in [0.05, 0.1) is 5.69 Å². The van der Waals surface area contributed by atoms with Crippen molar-refractivity contribution in [3.8, 4) is 11.5 Å². The molecule has 0 aliphatic rings. The Bertz CT molecular complexity index is 807. The molecular formula is C18H21N3. The molecule has 3 nitrogen and oxygen atoms in total. The van der Waals surface area contributed by atoms with E-state index in [1.807, 2.05) is 24.0 Å². The summed E-state index contributed by atoms with van der Waals surface area (Å²) in [5, 5.41) is 2.46. The van der Waals surface area contributed by atoms with E-state index in [0.29, 0.717) is 0 Å². The molecular weight excluding hydrogens is 258 g/mol. The molecule has 0 aliphatic heterocycles. The normalized spacial score (nSPS) is 12.0. The van der Waals surface area contributed by atoms with Gasteiger partial charge in [0, 0.05) is 30.2 Å². The fraction of sp³-hybridized carbons (Fsp3) is 0.333. The van der Waals surface area contributed by atoms with E-state index >= 15 is 0 Å². The van der Waals surface area contributed by atoms with Gasteiger partial charge in [-0.2, -0.15) is 0 Å². The van der Waals surface area contributed by atoms with Crippen molar-refractivity contribution in [1.82, 2.24) is 14.5 Å². The molecule has 3 aromatic rings. The molecule has 2 aromatic heterocycles. The van der Waals surface area contributed by atoms with E-state index < -0.39 is 0 Å². The van der Waals surface area contributed by atoms with Gasteiger partial charge >= 0.3 is 0 Å². The predicted octanol–water partition coefficient (Wildman–Crippen LogP) is 4.24. The zero-order valence-electron chi connectivity index (χ0n) is 13.3. The summed E-state index contributed by atoms with van der Waals surface area (Å²) >= 11 is 0. The molecule has 0 N–H and O–H groups in total. The zero-order chi connectivity index (χ0) is 15.2. The minimum Gasteiger partial charge on any atom is -0.333 e.